The monoisotopic (exact) mass is 590 g/mol. The number of hydrogen-bond donors (Lipinski definition) is 0. The summed E-state index contributed by atoms with van der Waals surface area (Å²) in [6.45, 7) is 11.8. The van der Waals surface area contributed by atoms with Crippen molar-refractivity contribution in [1.82, 2.24) is 0 Å². The number of benzene rings is 2. The maximum absolute atomic E-state index is 12.8. The normalized spacial score (nSPS) is 22.1. The van der Waals surface area contributed by atoms with Crippen LogP contribution in [0.3, 0.4) is 0 Å². The summed E-state index contributed by atoms with van der Waals surface area (Å²) in [6, 6.07) is 17.0. The van der Waals surface area contributed by atoms with E-state index in [0.29, 0.717) is 25.0 Å². The molecule has 1 fully saturated rings. The molecule has 3 rings (SSSR count). The highest BCUT2D eigenvalue weighted by Crippen LogP contribution is 2.44. The van der Waals surface area contributed by atoms with Crippen molar-refractivity contribution in [3.05, 3.63) is 70.2 Å². The van der Waals surface area contributed by atoms with E-state index in [1.807, 2.05) is 42.5 Å². The molecule has 37 heavy (non-hydrogen) atoms. The van der Waals surface area contributed by atoms with Crippen molar-refractivity contribution >= 4 is 36.5 Å². The minimum absolute atomic E-state index is 0.0174. The fraction of sp³-hybridized carbons (Fsp3) is 0.517. The number of ether oxygens (including phenoxy) is 3. The highest BCUT2D eigenvalue weighted by Gasteiger charge is 2.49. The summed E-state index contributed by atoms with van der Waals surface area (Å²) in [5, 5.41) is 0.0174. The van der Waals surface area contributed by atoms with E-state index >= 15 is 0 Å². The standard InChI is InChI=1S/C29H39BrO6Si/c1-29(2,3)37(4,5)36-27-17-26(35-20-33-18-21-9-7-6-8-10-21)24(15-16-31)25(27)19-34-28(32)22-11-13-23(30)14-12-22/h6-14,16,24-27H,15,17-20H2,1-5H3/t24-,25-,26+,27+/m1/s1. The van der Waals surface area contributed by atoms with Gasteiger partial charge in [0.2, 0.25) is 0 Å². The van der Waals surface area contributed by atoms with Gasteiger partial charge >= 0.3 is 5.97 Å². The van der Waals surface area contributed by atoms with E-state index in [0.717, 1.165) is 16.3 Å². The maximum Gasteiger partial charge on any atom is 0.338 e. The summed E-state index contributed by atoms with van der Waals surface area (Å²) in [5.41, 5.74) is 1.55. The highest BCUT2D eigenvalue weighted by atomic mass is 79.9. The average Bonchev–Trinajstić information content (AvgIpc) is 3.16. The van der Waals surface area contributed by atoms with E-state index in [1.54, 1.807) is 12.1 Å². The van der Waals surface area contributed by atoms with Crippen LogP contribution in [-0.4, -0.2) is 46.2 Å². The lowest BCUT2D eigenvalue weighted by Crippen LogP contribution is -2.45. The summed E-state index contributed by atoms with van der Waals surface area (Å²) in [6.07, 6.45) is 1.45. The molecule has 0 aliphatic heterocycles. The molecule has 2 aromatic rings. The second-order valence-electron chi connectivity index (χ2n) is 11.1. The Bertz CT molecular complexity index is 1010. The largest absolute Gasteiger partial charge is 0.462 e. The zero-order valence-electron chi connectivity index (χ0n) is 22.4. The Labute approximate surface area is 230 Å². The Hall–Kier alpha value is -1.84. The van der Waals surface area contributed by atoms with Crippen LogP contribution in [0.5, 0.6) is 0 Å². The van der Waals surface area contributed by atoms with E-state index in [9.17, 15) is 9.59 Å². The van der Waals surface area contributed by atoms with Crippen LogP contribution in [0.2, 0.25) is 18.1 Å². The molecule has 0 amide bonds. The van der Waals surface area contributed by atoms with E-state index in [4.69, 9.17) is 18.6 Å². The van der Waals surface area contributed by atoms with Gasteiger partial charge < -0.3 is 23.4 Å². The second-order valence-corrected chi connectivity index (χ2v) is 16.8. The van der Waals surface area contributed by atoms with Gasteiger partial charge in [-0.25, -0.2) is 4.79 Å². The summed E-state index contributed by atoms with van der Waals surface area (Å²) in [5.74, 6) is -0.679. The Morgan fingerprint density at radius 2 is 1.70 bits per heavy atom. The zero-order valence-corrected chi connectivity index (χ0v) is 25.0. The minimum Gasteiger partial charge on any atom is -0.462 e. The molecule has 0 saturated heterocycles. The molecule has 0 aromatic heterocycles. The van der Waals surface area contributed by atoms with Crippen LogP contribution in [0.1, 0.15) is 49.5 Å². The number of halogens is 1. The maximum atomic E-state index is 12.8. The fourth-order valence-corrected chi connectivity index (χ4v) is 6.04. The van der Waals surface area contributed by atoms with Crippen LogP contribution in [0, 0.1) is 11.8 Å². The predicted molar refractivity (Wildman–Crippen MR) is 150 cm³/mol. The first-order valence-electron chi connectivity index (χ1n) is 12.8. The Balaban J connectivity index is 1.71. The van der Waals surface area contributed by atoms with E-state index < -0.39 is 8.32 Å². The van der Waals surface area contributed by atoms with Crippen molar-refractivity contribution in [2.75, 3.05) is 13.4 Å². The van der Waals surface area contributed by atoms with Gasteiger partial charge in [-0.1, -0.05) is 67.0 Å². The number of aldehydes is 1. The summed E-state index contributed by atoms with van der Waals surface area (Å²) >= 11 is 3.39. The molecule has 4 atom stereocenters. The second kappa shape index (κ2) is 13.3. The molecule has 0 radical (unpaired) electrons. The minimum atomic E-state index is -2.12. The lowest BCUT2D eigenvalue weighted by Gasteiger charge is -2.40. The Kier molecular flexibility index (Phi) is 10.7. The van der Waals surface area contributed by atoms with Crippen molar-refractivity contribution in [3.63, 3.8) is 0 Å². The highest BCUT2D eigenvalue weighted by molar-refractivity contribution is 9.10. The molecule has 202 valence electrons. The van der Waals surface area contributed by atoms with E-state index in [-0.39, 0.29) is 48.5 Å². The van der Waals surface area contributed by atoms with Gasteiger partial charge in [0.15, 0.2) is 8.32 Å². The molecule has 0 N–H and O–H groups in total. The quantitative estimate of drug-likeness (QED) is 0.0891. The smallest absolute Gasteiger partial charge is 0.338 e. The third-order valence-electron chi connectivity index (χ3n) is 7.55. The topological polar surface area (TPSA) is 71.1 Å². The Morgan fingerprint density at radius 3 is 2.32 bits per heavy atom. The van der Waals surface area contributed by atoms with Gasteiger partial charge in [0.1, 0.15) is 13.1 Å². The van der Waals surface area contributed by atoms with Gasteiger partial charge in [0.05, 0.1) is 31.0 Å². The van der Waals surface area contributed by atoms with Crippen LogP contribution >= 0.6 is 15.9 Å². The van der Waals surface area contributed by atoms with Crippen molar-refractivity contribution in [3.8, 4) is 0 Å². The molecule has 2 aromatic carbocycles. The SMILES string of the molecule is CC(C)(C)[Si](C)(C)O[C@H]1C[C@H](OCOCc2ccccc2)[C@H](CC=O)[C@H]1COC(=O)c1ccc(Br)cc1. The molecule has 1 saturated carbocycles. The molecule has 6 nitrogen and oxygen atoms in total. The number of hydrogen-bond acceptors (Lipinski definition) is 6. The lowest BCUT2D eigenvalue weighted by atomic mass is 9.92. The van der Waals surface area contributed by atoms with Crippen LogP contribution in [0.25, 0.3) is 0 Å². The van der Waals surface area contributed by atoms with Crippen LogP contribution in [-0.2, 0) is 30.0 Å². The van der Waals surface area contributed by atoms with Gasteiger partial charge in [0.25, 0.3) is 0 Å². The third-order valence-corrected chi connectivity index (χ3v) is 12.6. The average molecular weight is 592 g/mol. The first kappa shape index (κ1) is 29.7. The van der Waals surface area contributed by atoms with Crippen molar-refractivity contribution < 1.29 is 28.2 Å². The number of carbonyl (C=O) groups excluding carboxylic acids is 2. The van der Waals surface area contributed by atoms with E-state index in [2.05, 4.69) is 49.8 Å². The summed E-state index contributed by atoms with van der Waals surface area (Å²) < 4.78 is 25.4. The first-order valence-corrected chi connectivity index (χ1v) is 16.5. The van der Waals surface area contributed by atoms with Crippen molar-refractivity contribution in [2.24, 2.45) is 11.8 Å². The number of carbonyl (C=O) groups is 2. The zero-order chi connectivity index (χ0) is 27.1. The molecule has 0 bridgehead atoms. The third kappa shape index (κ3) is 8.32. The van der Waals surface area contributed by atoms with Crippen LogP contribution in [0.15, 0.2) is 59.1 Å². The fourth-order valence-electron chi connectivity index (χ4n) is 4.39. The van der Waals surface area contributed by atoms with E-state index in [1.165, 1.54) is 0 Å². The van der Waals surface area contributed by atoms with Crippen LogP contribution < -0.4 is 0 Å². The lowest BCUT2D eigenvalue weighted by molar-refractivity contribution is -0.119. The van der Waals surface area contributed by atoms with Gasteiger partial charge in [-0.15, -0.1) is 0 Å². The molecule has 0 heterocycles. The molecular weight excluding hydrogens is 552 g/mol. The van der Waals surface area contributed by atoms with Gasteiger partial charge in [-0.2, -0.15) is 0 Å². The Morgan fingerprint density at radius 1 is 1.03 bits per heavy atom. The predicted octanol–water partition coefficient (Wildman–Crippen LogP) is 6.78. The van der Waals surface area contributed by atoms with Gasteiger partial charge in [0, 0.05) is 22.7 Å². The number of esters is 1. The van der Waals surface area contributed by atoms with Crippen LogP contribution in [0.4, 0.5) is 0 Å². The molecular formula is C29H39BrO6Si. The van der Waals surface area contributed by atoms with Crippen molar-refractivity contribution in [2.45, 2.75) is 70.6 Å². The molecule has 1 aliphatic carbocycles. The molecule has 8 heteroatoms. The summed E-state index contributed by atoms with van der Waals surface area (Å²) in [4.78, 5) is 24.4. The van der Waals surface area contributed by atoms with Gasteiger partial charge in [-0.3, -0.25) is 0 Å². The van der Waals surface area contributed by atoms with Gasteiger partial charge in [-0.05, 0) is 54.4 Å². The van der Waals surface area contributed by atoms with Crippen molar-refractivity contribution in [1.29, 1.82) is 0 Å². The summed E-state index contributed by atoms with van der Waals surface area (Å²) in [7, 11) is -2.12. The molecule has 0 unspecified atom stereocenters. The number of rotatable bonds is 12. The molecule has 1 aliphatic rings. The molecule has 0 spiro atoms. The first-order chi connectivity index (χ1) is 17.5.